The predicted octanol–water partition coefficient (Wildman–Crippen LogP) is 4.90. The molecular weight excluding hydrogens is 480 g/mol. The lowest BCUT2D eigenvalue weighted by Crippen LogP contribution is -2.20. The van der Waals surface area contributed by atoms with Crippen molar-refractivity contribution in [2.75, 3.05) is 30.8 Å². The molecule has 0 aliphatic rings. The Bertz CT molecular complexity index is 1410. The Morgan fingerprint density at radius 2 is 1.82 bits per heavy atom. The van der Waals surface area contributed by atoms with E-state index in [-0.39, 0.29) is 11.3 Å². The third-order valence-electron chi connectivity index (χ3n) is 5.76. The second-order valence-electron chi connectivity index (χ2n) is 10.1. The highest BCUT2D eigenvalue weighted by molar-refractivity contribution is 5.94. The number of anilines is 3. The third-order valence-corrected chi connectivity index (χ3v) is 5.76. The third kappa shape index (κ3) is 6.26. The van der Waals surface area contributed by atoms with E-state index in [0.29, 0.717) is 36.2 Å². The SMILES string of the molecule is CCOc1cc(-c2nncn2C)ccc1Nc1ncc(-c2ccc(C(=O)NC)cc2)c(NCC(C)(C)C)n1. The minimum Gasteiger partial charge on any atom is -0.492 e. The van der Waals surface area contributed by atoms with Gasteiger partial charge in [0.25, 0.3) is 5.91 Å². The van der Waals surface area contributed by atoms with Gasteiger partial charge in [-0.25, -0.2) is 4.98 Å². The first kappa shape index (κ1) is 26.6. The summed E-state index contributed by atoms with van der Waals surface area (Å²) in [6.45, 7) is 9.63. The fourth-order valence-corrected chi connectivity index (χ4v) is 3.79. The highest BCUT2D eigenvalue weighted by Crippen LogP contribution is 2.33. The largest absolute Gasteiger partial charge is 0.492 e. The highest BCUT2D eigenvalue weighted by atomic mass is 16.5. The van der Waals surface area contributed by atoms with Crippen LogP contribution in [-0.4, -0.2) is 50.8 Å². The summed E-state index contributed by atoms with van der Waals surface area (Å²) in [5.41, 5.74) is 4.00. The number of aryl methyl sites for hydroxylation is 1. The summed E-state index contributed by atoms with van der Waals surface area (Å²) in [5, 5.41) is 17.6. The Morgan fingerprint density at radius 3 is 2.45 bits per heavy atom. The van der Waals surface area contributed by atoms with Crippen LogP contribution in [-0.2, 0) is 7.05 Å². The van der Waals surface area contributed by atoms with Crippen molar-refractivity contribution < 1.29 is 9.53 Å². The fourth-order valence-electron chi connectivity index (χ4n) is 3.79. The molecule has 198 valence electrons. The van der Waals surface area contributed by atoms with Gasteiger partial charge in [-0.05, 0) is 48.2 Å². The second kappa shape index (κ2) is 11.3. The van der Waals surface area contributed by atoms with Crippen LogP contribution in [0, 0.1) is 5.41 Å². The maximum absolute atomic E-state index is 12.0. The Labute approximate surface area is 222 Å². The van der Waals surface area contributed by atoms with E-state index in [9.17, 15) is 4.79 Å². The van der Waals surface area contributed by atoms with Crippen molar-refractivity contribution in [2.45, 2.75) is 27.7 Å². The van der Waals surface area contributed by atoms with E-state index >= 15 is 0 Å². The number of nitrogens with one attached hydrogen (secondary N) is 3. The molecular formula is C28H34N8O2. The van der Waals surface area contributed by atoms with Gasteiger partial charge in [0.1, 0.15) is 17.9 Å². The zero-order valence-corrected chi connectivity index (χ0v) is 22.7. The lowest BCUT2D eigenvalue weighted by atomic mass is 9.97. The first-order chi connectivity index (χ1) is 18.2. The number of hydrogen-bond acceptors (Lipinski definition) is 8. The first-order valence-electron chi connectivity index (χ1n) is 12.5. The van der Waals surface area contributed by atoms with Crippen molar-refractivity contribution in [2.24, 2.45) is 12.5 Å². The van der Waals surface area contributed by atoms with Gasteiger partial charge in [0.15, 0.2) is 5.82 Å². The molecule has 10 heteroatoms. The molecule has 0 unspecified atom stereocenters. The molecule has 2 aromatic carbocycles. The van der Waals surface area contributed by atoms with Crippen LogP contribution < -0.4 is 20.7 Å². The number of hydrogen-bond donors (Lipinski definition) is 3. The molecule has 4 rings (SSSR count). The summed E-state index contributed by atoms with van der Waals surface area (Å²) < 4.78 is 7.77. The molecule has 3 N–H and O–H groups in total. The monoisotopic (exact) mass is 514 g/mol. The number of aromatic nitrogens is 5. The molecule has 0 saturated carbocycles. The summed E-state index contributed by atoms with van der Waals surface area (Å²) >= 11 is 0. The number of carbonyl (C=O) groups excluding carboxylic acids is 1. The van der Waals surface area contributed by atoms with E-state index in [1.165, 1.54) is 0 Å². The Hall–Kier alpha value is -4.47. The van der Waals surface area contributed by atoms with Crippen molar-refractivity contribution >= 4 is 23.4 Å². The number of amides is 1. The van der Waals surface area contributed by atoms with Crippen molar-refractivity contribution in [1.82, 2.24) is 30.0 Å². The zero-order chi connectivity index (χ0) is 27.3. The average molecular weight is 515 g/mol. The van der Waals surface area contributed by atoms with E-state index in [1.54, 1.807) is 31.7 Å². The summed E-state index contributed by atoms with van der Waals surface area (Å²) in [5.74, 6) is 2.40. The Kier molecular flexibility index (Phi) is 7.90. The van der Waals surface area contributed by atoms with Gasteiger partial charge in [-0.15, -0.1) is 10.2 Å². The highest BCUT2D eigenvalue weighted by Gasteiger charge is 2.16. The van der Waals surface area contributed by atoms with Crippen molar-refractivity contribution in [1.29, 1.82) is 0 Å². The second-order valence-corrected chi connectivity index (χ2v) is 10.1. The summed E-state index contributed by atoms with van der Waals surface area (Å²) in [6.07, 6.45) is 3.44. The number of benzene rings is 2. The van der Waals surface area contributed by atoms with Gasteiger partial charge in [-0.1, -0.05) is 32.9 Å². The molecule has 38 heavy (non-hydrogen) atoms. The lowest BCUT2D eigenvalue weighted by Gasteiger charge is -2.21. The topological polar surface area (TPSA) is 119 Å². The molecule has 1 amide bonds. The standard InChI is InChI=1S/C28H34N8O2/c1-7-38-23-14-20(25-35-32-17-36(25)6)12-13-22(23)33-27-30-15-21(24(34-27)31-16-28(2,3)4)18-8-10-19(11-9-18)26(37)29-5/h8-15,17H,7,16H2,1-6H3,(H,29,37)(H2,30,31,33,34). The summed E-state index contributed by atoms with van der Waals surface area (Å²) in [6, 6.07) is 13.2. The molecule has 2 aromatic heterocycles. The number of ether oxygens (including phenoxy) is 1. The normalized spacial score (nSPS) is 11.2. The first-order valence-corrected chi connectivity index (χ1v) is 12.5. The molecule has 10 nitrogen and oxygen atoms in total. The van der Waals surface area contributed by atoms with Crippen LogP contribution in [0.3, 0.4) is 0 Å². The molecule has 0 aliphatic carbocycles. The molecule has 0 radical (unpaired) electrons. The maximum Gasteiger partial charge on any atom is 0.251 e. The minimum absolute atomic E-state index is 0.0384. The predicted molar refractivity (Wildman–Crippen MR) is 150 cm³/mol. The van der Waals surface area contributed by atoms with Crippen molar-refractivity contribution in [3.05, 3.63) is 60.6 Å². The molecule has 0 aliphatic heterocycles. The van der Waals surface area contributed by atoms with Crippen LogP contribution in [0.2, 0.25) is 0 Å². The van der Waals surface area contributed by atoms with Crippen molar-refractivity contribution in [3.63, 3.8) is 0 Å². The summed E-state index contributed by atoms with van der Waals surface area (Å²) in [7, 11) is 3.51. The van der Waals surface area contributed by atoms with Crippen LogP contribution in [0.4, 0.5) is 17.5 Å². The number of carbonyl (C=O) groups is 1. The van der Waals surface area contributed by atoms with Crippen molar-refractivity contribution in [3.8, 4) is 28.3 Å². The van der Waals surface area contributed by atoms with E-state index in [4.69, 9.17) is 9.72 Å². The van der Waals surface area contributed by atoms with Gasteiger partial charge >= 0.3 is 0 Å². The Morgan fingerprint density at radius 1 is 1.08 bits per heavy atom. The van der Waals surface area contributed by atoms with Crippen LogP contribution in [0.1, 0.15) is 38.1 Å². The van der Waals surface area contributed by atoms with Gasteiger partial charge < -0.3 is 25.3 Å². The summed E-state index contributed by atoms with van der Waals surface area (Å²) in [4.78, 5) is 21.4. The quantitative estimate of drug-likeness (QED) is 0.289. The van der Waals surface area contributed by atoms with Gasteiger partial charge in [0, 0.05) is 43.5 Å². The molecule has 2 heterocycles. The van der Waals surface area contributed by atoms with Gasteiger partial charge in [0.2, 0.25) is 5.95 Å². The lowest BCUT2D eigenvalue weighted by molar-refractivity contribution is 0.0963. The number of rotatable bonds is 9. The van der Waals surface area contributed by atoms with Gasteiger partial charge in [-0.2, -0.15) is 4.98 Å². The minimum atomic E-state index is -0.131. The van der Waals surface area contributed by atoms with E-state index < -0.39 is 0 Å². The van der Waals surface area contributed by atoms with E-state index in [2.05, 4.69) is 51.9 Å². The van der Waals surface area contributed by atoms with Gasteiger partial charge in [-0.3, -0.25) is 4.79 Å². The fraction of sp³-hybridized carbons (Fsp3) is 0.321. The molecule has 0 fully saturated rings. The molecule has 4 aromatic rings. The smallest absolute Gasteiger partial charge is 0.251 e. The number of nitrogens with zero attached hydrogens (tertiary/aromatic N) is 5. The van der Waals surface area contributed by atoms with Crippen LogP contribution in [0.5, 0.6) is 5.75 Å². The van der Waals surface area contributed by atoms with Gasteiger partial charge in [0.05, 0.1) is 12.3 Å². The maximum atomic E-state index is 12.0. The molecule has 0 saturated heterocycles. The average Bonchev–Trinajstić information content (AvgIpc) is 3.33. The molecule has 0 spiro atoms. The van der Waals surface area contributed by atoms with E-state index in [0.717, 1.165) is 28.2 Å². The molecule has 0 atom stereocenters. The van der Waals surface area contributed by atoms with E-state index in [1.807, 2.05) is 48.9 Å². The molecule has 0 bridgehead atoms. The van der Waals surface area contributed by atoms with Crippen LogP contribution >= 0.6 is 0 Å². The van der Waals surface area contributed by atoms with Crippen LogP contribution in [0.25, 0.3) is 22.5 Å². The Balaban J connectivity index is 1.67. The zero-order valence-electron chi connectivity index (χ0n) is 22.7. The van der Waals surface area contributed by atoms with Crippen LogP contribution in [0.15, 0.2) is 55.0 Å².